The average molecular weight is 498 g/mol. The Bertz CT molecular complexity index is 1340. The minimum absolute atomic E-state index is 0.0861. The molecule has 3 aromatic rings. The third-order valence-corrected chi connectivity index (χ3v) is 7.07. The highest BCUT2D eigenvalue weighted by Crippen LogP contribution is 2.37. The number of rotatable bonds is 6. The summed E-state index contributed by atoms with van der Waals surface area (Å²) >= 11 is 0. The molecule has 1 saturated carbocycles. The van der Waals surface area contributed by atoms with Gasteiger partial charge in [0.25, 0.3) is 17.6 Å². The molecule has 36 heavy (non-hydrogen) atoms. The first kappa shape index (κ1) is 23.8. The van der Waals surface area contributed by atoms with Gasteiger partial charge in [0.1, 0.15) is 5.54 Å². The van der Waals surface area contributed by atoms with Crippen LogP contribution in [-0.2, 0) is 23.3 Å². The number of H-pyrrole nitrogens is 1. The number of nitrogens with one attached hydrogen (secondary N) is 3. The molecule has 0 spiro atoms. The van der Waals surface area contributed by atoms with Gasteiger partial charge in [0, 0.05) is 24.0 Å². The van der Waals surface area contributed by atoms with Crippen molar-refractivity contribution in [3.05, 3.63) is 58.2 Å². The van der Waals surface area contributed by atoms with E-state index in [1.807, 2.05) is 0 Å². The number of carbonyl (C=O) groups is 3. The van der Waals surface area contributed by atoms with Crippen molar-refractivity contribution in [2.45, 2.75) is 64.0 Å². The van der Waals surface area contributed by atoms with E-state index in [-0.39, 0.29) is 16.9 Å². The Balaban J connectivity index is 1.46. The molecule has 5 rings (SSSR count). The van der Waals surface area contributed by atoms with Crippen LogP contribution in [0.15, 0.2) is 18.2 Å². The van der Waals surface area contributed by atoms with Gasteiger partial charge < -0.3 is 15.2 Å². The van der Waals surface area contributed by atoms with Crippen LogP contribution in [0.3, 0.4) is 0 Å². The molecule has 188 valence electrons. The molecule has 0 atom stereocenters. The van der Waals surface area contributed by atoms with E-state index in [1.54, 1.807) is 11.5 Å². The van der Waals surface area contributed by atoms with Gasteiger partial charge in [0.2, 0.25) is 0 Å². The first-order valence-corrected chi connectivity index (χ1v) is 11.9. The lowest BCUT2D eigenvalue weighted by Crippen LogP contribution is -2.48. The number of benzene rings is 1. The van der Waals surface area contributed by atoms with Crippen molar-refractivity contribution in [2.24, 2.45) is 0 Å². The monoisotopic (exact) mass is 497 g/mol. The fourth-order valence-corrected chi connectivity index (χ4v) is 5.37. The molecular weight excluding hydrogens is 472 g/mol. The molecule has 10 nitrogen and oxygen atoms in total. The fourth-order valence-electron chi connectivity index (χ4n) is 5.37. The van der Waals surface area contributed by atoms with Gasteiger partial charge in [-0.25, -0.2) is 8.78 Å². The van der Waals surface area contributed by atoms with Gasteiger partial charge in [-0.15, -0.1) is 10.2 Å². The summed E-state index contributed by atoms with van der Waals surface area (Å²) in [5, 5.41) is 19.5. The van der Waals surface area contributed by atoms with Crippen molar-refractivity contribution >= 4 is 23.3 Å². The van der Waals surface area contributed by atoms with Crippen molar-refractivity contribution < 1.29 is 23.2 Å². The summed E-state index contributed by atoms with van der Waals surface area (Å²) in [6, 6.07) is 3.07. The largest absolute Gasteiger partial charge is 0.341 e. The van der Waals surface area contributed by atoms with Crippen LogP contribution < -0.4 is 10.6 Å². The Kier molecular flexibility index (Phi) is 6.10. The zero-order valence-electron chi connectivity index (χ0n) is 19.7. The zero-order valence-corrected chi connectivity index (χ0v) is 19.7. The Morgan fingerprint density at radius 3 is 2.56 bits per heavy atom. The van der Waals surface area contributed by atoms with Gasteiger partial charge >= 0.3 is 0 Å². The van der Waals surface area contributed by atoms with Crippen LogP contribution >= 0.6 is 0 Å². The molecule has 3 heterocycles. The predicted molar refractivity (Wildman–Crippen MR) is 123 cm³/mol. The lowest BCUT2D eigenvalue weighted by molar-refractivity contribution is -0.119. The second-order valence-electron chi connectivity index (χ2n) is 9.29. The quantitative estimate of drug-likeness (QED) is 0.354. The summed E-state index contributed by atoms with van der Waals surface area (Å²) < 4.78 is 28.7. The Morgan fingerprint density at radius 2 is 1.86 bits per heavy atom. The van der Waals surface area contributed by atoms with Gasteiger partial charge in [0.05, 0.1) is 11.3 Å². The molecule has 0 unspecified atom stereocenters. The molecule has 3 N–H and O–H groups in total. The molecule has 2 aromatic heterocycles. The Labute approximate surface area is 204 Å². The number of Topliss-reactive ketones (excluding diaryl/α,β-unsaturated/α-hetero) is 1. The Hall–Kier alpha value is -3.96. The van der Waals surface area contributed by atoms with Crippen molar-refractivity contribution in [1.29, 1.82) is 0 Å². The summed E-state index contributed by atoms with van der Waals surface area (Å²) in [6.07, 6.45) is 5.00. The van der Waals surface area contributed by atoms with Gasteiger partial charge in [-0.3, -0.25) is 14.4 Å². The highest BCUT2D eigenvalue weighted by atomic mass is 19.2. The fraction of sp³-hybridized carbons (Fsp3) is 0.417. The van der Waals surface area contributed by atoms with Crippen LogP contribution in [0.4, 0.5) is 14.5 Å². The van der Waals surface area contributed by atoms with Gasteiger partial charge in [-0.2, -0.15) is 5.21 Å². The van der Waals surface area contributed by atoms with Crippen molar-refractivity contribution in [2.75, 3.05) is 5.32 Å². The topological polar surface area (TPSA) is 135 Å². The van der Waals surface area contributed by atoms with Crippen LogP contribution in [0.1, 0.15) is 76.5 Å². The smallest absolute Gasteiger partial charge is 0.294 e. The van der Waals surface area contributed by atoms with E-state index < -0.39 is 34.8 Å². The van der Waals surface area contributed by atoms with Gasteiger partial charge in [-0.1, -0.05) is 18.1 Å². The summed E-state index contributed by atoms with van der Waals surface area (Å²) in [7, 11) is 0. The number of anilines is 1. The van der Waals surface area contributed by atoms with Crippen LogP contribution in [0.25, 0.3) is 0 Å². The van der Waals surface area contributed by atoms with Crippen molar-refractivity contribution in [1.82, 2.24) is 30.5 Å². The van der Waals surface area contributed by atoms with Gasteiger partial charge in [0.15, 0.2) is 17.5 Å². The maximum absolute atomic E-state index is 13.6. The van der Waals surface area contributed by atoms with E-state index >= 15 is 0 Å². The molecule has 2 amide bonds. The SMILES string of the molecule is Cc1c(C(=O)Nc2ccc(F)c(F)c2)c2n(c1C(=O)C(=O)NC1(c3nn[nH]n3)CCCC1)CCCC2. The number of aromatic nitrogens is 5. The van der Waals surface area contributed by atoms with Crippen molar-refractivity contribution in [3.8, 4) is 0 Å². The normalized spacial score (nSPS) is 16.4. The van der Waals surface area contributed by atoms with Crippen LogP contribution in [0.2, 0.25) is 0 Å². The molecule has 1 aliphatic carbocycles. The van der Waals surface area contributed by atoms with Crippen molar-refractivity contribution in [3.63, 3.8) is 0 Å². The number of hydrogen-bond donors (Lipinski definition) is 3. The summed E-state index contributed by atoms with van der Waals surface area (Å²) in [5.74, 6) is -3.88. The second kappa shape index (κ2) is 9.25. The molecule has 1 aromatic carbocycles. The minimum atomic E-state index is -1.08. The molecule has 2 aliphatic rings. The van der Waals surface area contributed by atoms with Crippen LogP contribution in [0.5, 0.6) is 0 Å². The molecule has 1 aliphatic heterocycles. The van der Waals surface area contributed by atoms with E-state index in [0.29, 0.717) is 42.9 Å². The minimum Gasteiger partial charge on any atom is -0.341 e. The van der Waals surface area contributed by atoms with Crippen LogP contribution in [0, 0.1) is 18.6 Å². The van der Waals surface area contributed by atoms with E-state index in [1.165, 1.54) is 6.07 Å². The highest BCUT2D eigenvalue weighted by molar-refractivity contribution is 6.43. The zero-order chi connectivity index (χ0) is 25.4. The number of ketones is 1. The number of fused-ring (bicyclic) bond motifs is 1. The molecular formula is C24H25F2N7O3. The number of hydrogen-bond acceptors (Lipinski definition) is 6. The summed E-state index contributed by atoms with van der Waals surface area (Å²) in [4.78, 5) is 39.9. The Morgan fingerprint density at radius 1 is 1.08 bits per heavy atom. The number of nitrogens with zero attached hydrogens (tertiary/aromatic N) is 4. The standard InChI is InChI=1S/C24H25F2N7O3/c1-13-18(21(35)27-14-7-8-15(25)16(26)12-14)17-6-2-5-11-33(17)19(13)20(34)22(36)28-24(9-3-4-10-24)23-29-31-32-30-23/h7-8,12H,2-6,9-11H2,1H3,(H,27,35)(H,28,36)(H,29,30,31,32). The predicted octanol–water partition coefficient (Wildman–Crippen LogP) is 2.94. The molecule has 0 radical (unpaired) electrons. The van der Waals surface area contributed by atoms with E-state index in [4.69, 9.17) is 0 Å². The van der Waals surface area contributed by atoms with E-state index in [2.05, 4.69) is 31.3 Å². The number of amides is 2. The molecule has 12 heteroatoms. The third-order valence-electron chi connectivity index (χ3n) is 7.07. The second-order valence-corrected chi connectivity index (χ2v) is 9.29. The maximum atomic E-state index is 13.6. The van der Waals surface area contributed by atoms with Gasteiger partial charge in [-0.05, 0) is 56.7 Å². The number of aromatic amines is 1. The van der Waals surface area contributed by atoms with E-state index in [0.717, 1.165) is 37.8 Å². The lowest BCUT2D eigenvalue weighted by Gasteiger charge is -2.26. The third kappa shape index (κ3) is 4.06. The number of carbonyl (C=O) groups excluding carboxylic acids is 3. The summed E-state index contributed by atoms with van der Waals surface area (Å²) in [6.45, 7) is 2.11. The number of tetrazole rings is 1. The molecule has 1 fully saturated rings. The number of halogens is 2. The molecule has 0 bridgehead atoms. The summed E-state index contributed by atoms with van der Waals surface area (Å²) in [5.41, 5.74) is 0.639. The van der Waals surface area contributed by atoms with Crippen LogP contribution in [-0.4, -0.2) is 42.8 Å². The van der Waals surface area contributed by atoms with E-state index in [9.17, 15) is 23.2 Å². The lowest BCUT2D eigenvalue weighted by atomic mass is 9.96. The first-order valence-electron chi connectivity index (χ1n) is 11.9. The highest BCUT2D eigenvalue weighted by Gasteiger charge is 2.43. The maximum Gasteiger partial charge on any atom is 0.294 e. The molecule has 0 saturated heterocycles. The average Bonchev–Trinajstić information content (AvgIpc) is 3.60. The first-order chi connectivity index (χ1) is 17.3.